The van der Waals surface area contributed by atoms with Gasteiger partial charge in [0.05, 0.1) is 31.2 Å². The highest BCUT2D eigenvalue weighted by Gasteiger charge is 2.54. The molecule has 2 amide bonds. The maximum Gasteiger partial charge on any atom is 0.274 e. The number of nitrogens with one attached hydrogen (secondary N) is 2. The molecule has 0 bridgehead atoms. The second-order valence-corrected chi connectivity index (χ2v) is 9.74. The second-order valence-electron chi connectivity index (χ2n) is 9.74. The molecular formula is C26H29FN6O3. The molecule has 4 heterocycles. The molecule has 1 aliphatic carbocycles. The topological polar surface area (TPSA) is 113 Å². The van der Waals surface area contributed by atoms with E-state index in [0.29, 0.717) is 31.6 Å². The number of carbonyl (C=O) groups is 2. The molecule has 2 fully saturated rings. The number of hydrogen-bond donors (Lipinski definition) is 2. The lowest BCUT2D eigenvalue weighted by Crippen LogP contribution is -2.50. The van der Waals surface area contributed by atoms with E-state index in [-0.39, 0.29) is 40.4 Å². The van der Waals surface area contributed by atoms with Crippen molar-refractivity contribution in [1.82, 2.24) is 30.4 Å². The van der Waals surface area contributed by atoms with Crippen LogP contribution >= 0.6 is 0 Å². The molecule has 1 saturated carbocycles. The SMILES string of the molecule is COc1cc(-c2cc(C(=O)N3CC[C@H](C(=O)NCc4ncc(C)cc4C)CC34CC4)n[nH]2)c(F)cn1. The van der Waals surface area contributed by atoms with E-state index in [9.17, 15) is 14.0 Å². The van der Waals surface area contributed by atoms with Gasteiger partial charge in [0.25, 0.3) is 5.91 Å². The van der Waals surface area contributed by atoms with Crippen molar-refractivity contribution in [2.75, 3.05) is 13.7 Å². The molecule has 0 unspecified atom stereocenters. The molecular weight excluding hydrogens is 463 g/mol. The summed E-state index contributed by atoms with van der Waals surface area (Å²) in [4.78, 5) is 36.4. The molecule has 36 heavy (non-hydrogen) atoms. The Morgan fingerprint density at radius 2 is 2.03 bits per heavy atom. The summed E-state index contributed by atoms with van der Waals surface area (Å²) in [5, 5.41) is 9.95. The lowest BCUT2D eigenvalue weighted by molar-refractivity contribution is -0.127. The number of ether oxygens (including phenoxy) is 1. The van der Waals surface area contributed by atoms with Gasteiger partial charge in [0.2, 0.25) is 11.8 Å². The third kappa shape index (κ3) is 4.55. The maximum absolute atomic E-state index is 14.3. The van der Waals surface area contributed by atoms with Crippen LogP contribution in [0.15, 0.2) is 30.6 Å². The molecule has 10 heteroatoms. The van der Waals surface area contributed by atoms with E-state index in [2.05, 4.69) is 31.5 Å². The standard InChI is InChI=1S/C26H29FN6O3/c1-15-8-16(2)22(28-12-15)14-30-24(34)17-4-7-33(26(11-17)5-6-26)25(35)21-10-20(31-32-21)18-9-23(36-3)29-13-19(18)27/h8-10,12-13,17H,4-7,11,14H2,1-3H3,(H,30,34)(H,31,32)/t17-/m0/s1. The summed E-state index contributed by atoms with van der Waals surface area (Å²) in [7, 11) is 1.45. The van der Waals surface area contributed by atoms with Crippen molar-refractivity contribution in [3.8, 4) is 17.1 Å². The second kappa shape index (κ2) is 9.33. The van der Waals surface area contributed by atoms with Crippen LogP contribution in [0, 0.1) is 25.6 Å². The summed E-state index contributed by atoms with van der Waals surface area (Å²) in [5.74, 6) is -0.649. The molecule has 1 atom stereocenters. The third-order valence-corrected chi connectivity index (χ3v) is 7.22. The van der Waals surface area contributed by atoms with Crippen LogP contribution in [-0.2, 0) is 11.3 Å². The largest absolute Gasteiger partial charge is 0.481 e. The molecule has 5 rings (SSSR count). The number of hydrogen-bond acceptors (Lipinski definition) is 6. The normalized spacial score (nSPS) is 18.2. The average molecular weight is 493 g/mol. The highest BCUT2D eigenvalue weighted by Crippen LogP contribution is 2.50. The van der Waals surface area contributed by atoms with E-state index in [1.165, 1.54) is 13.2 Å². The molecule has 1 spiro atoms. The van der Waals surface area contributed by atoms with Crippen molar-refractivity contribution in [2.45, 2.75) is 51.6 Å². The fourth-order valence-corrected chi connectivity index (χ4v) is 5.04. The Balaban J connectivity index is 1.24. The predicted octanol–water partition coefficient (Wildman–Crippen LogP) is 3.33. The minimum absolute atomic E-state index is 0.000635. The number of aromatic nitrogens is 4. The number of aromatic amines is 1. The van der Waals surface area contributed by atoms with Crippen LogP contribution in [0.1, 0.15) is 53.0 Å². The molecule has 2 N–H and O–H groups in total. The number of likely N-dealkylation sites (tertiary alicyclic amines) is 1. The van der Waals surface area contributed by atoms with Gasteiger partial charge in [-0.1, -0.05) is 6.07 Å². The summed E-state index contributed by atoms with van der Waals surface area (Å²) in [6.07, 6.45) is 5.79. The number of piperidine rings is 1. The van der Waals surface area contributed by atoms with Crippen LogP contribution in [0.2, 0.25) is 0 Å². The molecule has 1 saturated heterocycles. The van der Waals surface area contributed by atoms with Crippen molar-refractivity contribution < 1.29 is 18.7 Å². The van der Waals surface area contributed by atoms with Gasteiger partial charge >= 0.3 is 0 Å². The Morgan fingerprint density at radius 1 is 1.22 bits per heavy atom. The minimum atomic E-state index is -0.542. The van der Waals surface area contributed by atoms with Gasteiger partial charge < -0.3 is 15.0 Å². The van der Waals surface area contributed by atoms with Crippen molar-refractivity contribution in [2.24, 2.45) is 5.92 Å². The maximum atomic E-state index is 14.3. The summed E-state index contributed by atoms with van der Waals surface area (Å²) < 4.78 is 19.4. The highest BCUT2D eigenvalue weighted by molar-refractivity contribution is 5.94. The van der Waals surface area contributed by atoms with Crippen LogP contribution in [0.3, 0.4) is 0 Å². The van der Waals surface area contributed by atoms with Gasteiger partial charge in [-0.25, -0.2) is 9.37 Å². The first-order chi connectivity index (χ1) is 17.3. The van der Waals surface area contributed by atoms with Gasteiger partial charge in [0.15, 0.2) is 11.5 Å². The lowest BCUT2D eigenvalue weighted by Gasteiger charge is -2.39. The molecule has 0 aromatic carbocycles. The van der Waals surface area contributed by atoms with Crippen LogP contribution in [0.4, 0.5) is 4.39 Å². The van der Waals surface area contributed by atoms with E-state index in [1.807, 2.05) is 18.7 Å². The number of nitrogens with zero attached hydrogens (tertiary/aromatic N) is 4. The molecule has 1 aliphatic heterocycles. The highest BCUT2D eigenvalue weighted by atomic mass is 19.1. The number of aryl methyl sites for hydroxylation is 2. The summed E-state index contributed by atoms with van der Waals surface area (Å²) in [6, 6.07) is 5.06. The summed E-state index contributed by atoms with van der Waals surface area (Å²) >= 11 is 0. The Kier molecular flexibility index (Phi) is 6.19. The van der Waals surface area contributed by atoms with E-state index in [4.69, 9.17) is 4.74 Å². The van der Waals surface area contributed by atoms with Gasteiger partial charge in [0, 0.05) is 35.8 Å². The third-order valence-electron chi connectivity index (χ3n) is 7.22. The summed E-state index contributed by atoms with van der Waals surface area (Å²) in [5.41, 5.74) is 3.50. The molecule has 3 aromatic heterocycles. The van der Waals surface area contributed by atoms with Gasteiger partial charge in [-0.2, -0.15) is 5.10 Å². The zero-order chi connectivity index (χ0) is 25.4. The first-order valence-electron chi connectivity index (χ1n) is 12.1. The Hall–Kier alpha value is -3.82. The lowest BCUT2D eigenvalue weighted by atomic mass is 9.88. The van der Waals surface area contributed by atoms with Crippen LogP contribution in [-0.4, -0.2) is 56.1 Å². The van der Waals surface area contributed by atoms with Gasteiger partial charge in [-0.3, -0.25) is 19.7 Å². The smallest absolute Gasteiger partial charge is 0.274 e. The zero-order valence-electron chi connectivity index (χ0n) is 20.6. The van der Waals surface area contributed by atoms with Crippen molar-refractivity contribution in [3.63, 3.8) is 0 Å². The van der Waals surface area contributed by atoms with Gasteiger partial charge in [-0.15, -0.1) is 0 Å². The quantitative estimate of drug-likeness (QED) is 0.546. The first-order valence-corrected chi connectivity index (χ1v) is 12.1. The van der Waals surface area contributed by atoms with E-state index < -0.39 is 5.82 Å². The predicted molar refractivity (Wildman–Crippen MR) is 130 cm³/mol. The van der Waals surface area contributed by atoms with Crippen LogP contribution in [0.25, 0.3) is 11.3 Å². The van der Waals surface area contributed by atoms with Gasteiger partial charge in [0.1, 0.15) is 0 Å². The zero-order valence-corrected chi connectivity index (χ0v) is 20.6. The fourth-order valence-electron chi connectivity index (χ4n) is 5.04. The van der Waals surface area contributed by atoms with E-state index >= 15 is 0 Å². The average Bonchev–Trinajstić information content (AvgIpc) is 3.44. The van der Waals surface area contributed by atoms with Crippen LogP contribution in [0.5, 0.6) is 5.88 Å². The number of amides is 2. The number of carbonyl (C=O) groups excluding carboxylic acids is 2. The molecule has 9 nitrogen and oxygen atoms in total. The summed E-state index contributed by atoms with van der Waals surface area (Å²) in [6.45, 7) is 4.84. The molecule has 3 aromatic rings. The number of pyridine rings is 2. The Bertz CT molecular complexity index is 1320. The monoisotopic (exact) mass is 492 g/mol. The van der Waals surface area contributed by atoms with E-state index in [1.54, 1.807) is 12.3 Å². The van der Waals surface area contributed by atoms with Crippen molar-refractivity contribution >= 4 is 11.8 Å². The fraction of sp³-hybridized carbons (Fsp3) is 0.423. The van der Waals surface area contributed by atoms with Crippen molar-refractivity contribution in [3.05, 3.63) is 58.9 Å². The van der Waals surface area contributed by atoms with Crippen molar-refractivity contribution in [1.29, 1.82) is 0 Å². The Morgan fingerprint density at radius 3 is 2.75 bits per heavy atom. The van der Waals surface area contributed by atoms with E-state index in [0.717, 1.165) is 35.9 Å². The molecule has 188 valence electrons. The number of rotatable bonds is 6. The minimum Gasteiger partial charge on any atom is -0.481 e. The number of halogens is 1. The Labute approximate surface area is 208 Å². The molecule has 0 radical (unpaired) electrons. The van der Waals surface area contributed by atoms with Crippen LogP contribution < -0.4 is 10.1 Å². The van der Waals surface area contributed by atoms with Gasteiger partial charge in [-0.05, 0) is 56.7 Å². The number of H-pyrrole nitrogens is 1. The number of methoxy groups -OCH3 is 1. The first kappa shape index (κ1) is 23.9. The molecule has 2 aliphatic rings.